The molecule has 1 aromatic carbocycles. The average Bonchev–Trinajstić information content (AvgIpc) is 3.51. The first-order valence-corrected chi connectivity index (χ1v) is 9.87. The van der Waals surface area contributed by atoms with Gasteiger partial charge in [-0.3, -0.25) is 9.78 Å². The van der Waals surface area contributed by atoms with Crippen molar-refractivity contribution in [2.75, 3.05) is 0 Å². The van der Waals surface area contributed by atoms with Gasteiger partial charge in [0.2, 0.25) is 0 Å². The summed E-state index contributed by atoms with van der Waals surface area (Å²) in [7, 11) is 0. The average molecular weight is 437 g/mol. The quantitative estimate of drug-likeness (QED) is 0.407. The van der Waals surface area contributed by atoms with Gasteiger partial charge in [0.05, 0.1) is 35.9 Å². The van der Waals surface area contributed by atoms with E-state index in [0.717, 1.165) is 34.5 Å². The molecule has 0 amide bonds. The minimum Gasteiger partial charge on any atom is -0.344 e. The molecule has 4 heterocycles. The van der Waals surface area contributed by atoms with Crippen molar-refractivity contribution in [1.82, 2.24) is 34.9 Å². The summed E-state index contributed by atoms with van der Waals surface area (Å²) in [5, 5.41) is 11.3. The molecule has 32 heavy (non-hydrogen) atoms. The van der Waals surface area contributed by atoms with Gasteiger partial charge in [0.1, 0.15) is 5.52 Å². The van der Waals surface area contributed by atoms with Crippen LogP contribution in [0.1, 0.15) is 29.8 Å². The van der Waals surface area contributed by atoms with Crippen LogP contribution in [-0.4, -0.2) is 34.9 Å². The first-order chi connectivity index (χ1) is 15.3. The lowest BCUT2D eigenvalue weighted by Gasteiger charge is -2.15. The van der Waals surface area contributed by atoms with Crippen molar-refractivity contribution < 1.29 is 13.2 Å². The van der Waals surface area contributed by atoms with Crippen LogP contribution in [0.3, 0.4) is 0 Å². The second-order valence-corrected chi connectivity index (χ2v) is 7.57. The number of benzene rings is 1. The van der Waals surface area contributed by atoms with E-state index in [1.165, 1.54) is 6.07 Å². The molecule has 0 aliphatic heterocycles. The van der Waals surface area contributed by atoms with E-state index in [1.54, 1.807) is 48.7 Å². The Bertz CT molecular complexity index is 1410. The molecule has 1 atom stereocenters. The number of aromatic nitrogens is 7. The van der Waals surface area contributed by atoms with Gasteiger partial charge in [-0.15, -0.1) is 0 Å². The third-order valence-electron chi connectivity index (χ3n) is 5.49. The van der Waals surface area contributed by atoms with E-state index in [1.807, 2.05) is 6.92 Å². The molecule has 0 spiro atoms. The summed E-state index contributed by atoms with van der Waals surface area (Å²) in [6, 6.07) is 4.91. The van der Waals surface area contributed by atoms with Crippen molar-refractivity contribution in [2.24, 2.45) is 0 Å². The molecule has 0 aliphatic carbocycles. The van der Waals surface area contributed by atoms with E-state index in [4.69, 9.17) is 4.98 Å². The molecule has 0 unspecified atom stereocenters. The first kappa shape index (κ1) is 20.0. The maximum absolute atomic E-state index is 13.1. The highest BCUT2D eigenvalue weighted by Gasteiger charge is 2.30. The van der Waals surface area contributed by atoms with Crippen LogP contribution in [-0.2, 0) is 6.18 Å². The number of hydrogen-bond donors (Lipinski definition) is 2. The first-order valence-electron chi connectivity index (χ1n) is 9.87. The van der Waals surface area contributed by atoms with Crippen molar-refractivity contribution in [3.63, 3.8) is 0 Å². The van der Waals surface area contributed by atoms with E-state index in [9.17, 15) is 13.2 Å². The number of aromatic amines is 2. The van der Waals surface area contributed by atoms with E-state index >= 15 is 0 Å². The fourth-order valence-electron chi connectivity index (χ4n) is 3.67. The third-order valence-corrected chi connectivity index (χ3v) is 5.49. The molecular weight excluding hydrogens is 419 g/mol. The van der Waals surface area contributed by atoms with Crippen LogP contribution in [0.5, 0.6) is 0 Å². The lowest BCUT2D eigenvalue weighted by Crippen LogP contribution is -2.10. The Morgan fingerprint density at radius 2 is 1.94 bits per heavy atom. The fourth-order valence-corrected chi connectivity index (χ4v) is 3.67. The van der Waals surface area contributed by atoms with Gasteiger partial charge < -0.3 is 4.98 Å². The van der Waals surface area contributed by atoms with Gasteiger partial charge in [-0.2, -0.15) is 23.4 Å². The van der Waals surface area contributed by atoms with E-state index in [-0.39, 0.29) is 6.04 Å². The molecule has 5 rings (SSSR count). The summed E-state index contributed by atoms with van der Waals surface area (Å²) in [6.45, 7) is 3.71. The Balaban J connectivity index is 1.50. The highest BCUT2D eigenvalue weighted by molar-refractivity contribution is 5.91. The molecular formula is C22H18F3N7. The summed E-state index contributed by atoms with van der Waals surface area (Å²) < 4.78 is 40.9. The number of alkyl halides is 3. The SMILES string of the molecule is Cc1[nH]ncc1-c1cnc2[nH]cc(-c3cnn([C@H](C)c4cccc(C(F)(F)F)c4)c3)c2n1. The van der Waals surface area contributed by atoms with Crippen LogP contribution in [0.2, 0.25) is 0 Å². The number of nitrogens with zero attached hydrogens (tertiary/aromatic N) is 5. The summed E-state index contributed by atoms with van der Waals surface area (Å²) in [5.74, 6) is 0. The number of halogens is 3. The molecule has 0 saturated heterocycles. The van der Waals surface area contributed by atoms with Crippen LogP contribution < -0.4 is 0 Å². The number of nitrogens with one attached hydrogen (secondary N) is 2. The van der Waals surface area contributed by atoms with Crippen molar-refractivity contribution in [1.29, 1.82) is 0 Å². The normalized spacial score (nSPS) is 13.0. The van der Waals surface area contributed by atoms with Crippen LogP contribution in [0.4, 0.5) is 13.2 Å². The molecule has 0 saturated carbocycles. The molecule has 0 bridgehead atoms. The molecule has 0 fully saturated rings. The van der Waals surface area contributed by atoms with E-state index < -0.39 is 11.7 Å². The highest BCUT2D eigenvalue weighted by atomic mass is 19.4. The molecule has 0 radical (unpaired) electrons. The van der Waals surface area contributed by atoms with E-state index in [2.05, 4.69) is 25.3 Å². The van der Waals surface area contributed by atoms with Crippen LogP contribution in [0, 0.1) is 6.92 Å². The van der Waals surface area contributed by atoms with Crippen molar-refractivity contribution in [3.8, 4) is 22.4 Å². The van der Waals surface area contributed by atoms with Crippen LogP contribution in [0.15, 0.2) is 55.2 Å². The number of rotatable bonds is 4. The standard InChI is InChI=1S/C22H18F3N7/c1-12-17(9-28-31-12)19-10-27-21-20(30-19)18(8-26-21)15-7-29-32(11-15)13(2)14-4-3-5-16(6-14)22(23,24)25/h3-11,13H,1-2H3,(H,26,27)(H,28,31)/t13-/m1/s1. The Morgan fingerprint density at radius 1 is 1.09 bits per heavy atom. The largest absolute Gasteiger partial charge is 0.416 e. The Kier molecular flexibility index (Phi) is 4.58. The monoisotopic (exact) mass is 437 g/mol. The summed E-state index contributed by atoms with van der Waals surface area (Å²) in [6.07, 6.45) is 4.26. The predicted molar refractivity (Wildman–Crippen MR) is 113 cm³/mol. The zero-order chi connectivity index (χ0) is 22.5. The van der Waals surface area contributed by atoms with Crippen molar-refractivity contribution in [2.45, 2.75) is 26.1 Å². The molecule has 5 aromatic rings. The fraction of sp³-hybridized carbons (Fsp3) is 0.182. The molecule has 10 heteroatoms. The van der Waals surface area contributed by atoms with Gasteiger partial charge in [-0.25, -0.2) is 9.97 Å². The second kappa shape index (κ2) is 7.33. The van der Waals surface area contributed by atoms with Crippen LogP contribution in [0.25, 0.3) is 33.5 Å². The number of aryl methyl sites for hydroxylation is 1. The zero-order valence-corrected chi connectivity index (χ0v) is 17.1. The van der Waals surface area contributed by atoms with Crippen molar-refractivity contribution >= 4 is 11.2 Å². The molecule has 162 valence electrons. The second-order valence-electron chi connectivity index (χ2n) is 7.57. The maximum Gasteiger partial charge on any atom is 0.416 e. The minimum absolute atomic E-state index is 0.383. The van der Waals surface area contributed by atoms with Gasteiger partial charge in [-0.1, -0.05) is 12.1 Å². The number of fused-ring (bicyclic) bond motifs is 1. The van der Waals surface area contributed by atoms with Gasteiger partial charge >= 0.3 is 6.18 Å². The molecule has 4 aromatic heterocycles. The summed E-state index contributed by atoms with van der Waals surface area (Å²) in [4.78, 5) is 12.3. The molecule has 2 N–H and O–H groups in total. The smallest absolute Gasteiger partial charge is 0.344 e. The Labute approximate surface area is 180 Å². The maximum atomic E-state index is 13.1. The van der Waals surface area contributed by atoms with Gasteiger partial charge in [0.15, 0.2) is 5.65 Å². The number of hydrogen-bond acceptors (Lipinski definition) is 4. The number of H-pyrrole nitrogens is 2. The minimum atomic E-state index is -4.39. The Hall–Kier alpha value is -3.95. The molecule has 0 aliphatic rings. The molecule has 7 nitrogen and oxygen atoms in total. The van der Waals surface area contributed by atoms with Gasteiger partial charge in [0, 0.05) is 34.8 Å². The topological polar surface area (TPSA) is 88.1 Å². The van der Waals surface area contributed by atoms with Crippen molar-refractivity contribution in [3.05, 3.63) is 72.1 Å². The predicted octanol–water partition coefficient (Wildman–Crippen LogP) is 5.15. The highest BCUT2D eigenvalue weighted by Crippen LogP contribution is 2.33. The van der Waals surface area contributed by atoms with Crippen LogP contribution >= 0.6 is 0 Å². The summed E-state index contributed by atoms with van der Waals surface area (Å²) in [5.41, 5.74) is 5.17. The lowest BCUT2D eigenvalue weighted by molar-refractivity contribution is -0.137. The van der Waals surface area contributed by atoms with Gasteiger partial charge in [-0.05, 0) is 31.5 Å². The summed E-state index contributed by atoms with van der Waals surface area (Å²) >= 11 is 0. The zero-order valence-electron chi connectivity index (χ0n) is 17.1. The Morgan fingerprint density at radius 3 is 2.69 bits per heavy atom. The lowest BCUT2D eigenvalue weighted by atomic mass is 10.0. The van der Waals surface area contributed by atoms with E-state index in [0.29, 0.717) is 22.4 Å². The third kappa shape index (κ3) is 3.43. The van der Waals surface area contributed by atoms with Gasteiger partial charge in [0.25, 0.3) is 0 Å².